The summed E-state index contributed by atoms with van der Waals surface area (Å²) in [5, 5.41) is 6.73. The van der Waals surface area contributed by atoms with Gasteiger partial charge in [-0.15, -0.1) is 11.3 Å². The van der Waals surface area contributed by atoms with Crippen LogP contribution < -0.4 is 10.9 Å². The van der Waals surface area contributed by atoms with Crippen LogP contribution in [0.2, 0.25) is 0 Å². The van der Waals surface area contributed by atoms with Crippen LogP contribution in [0.25, 0.3) is 32.1 Å². The third kappa shape index (κ3) is 4.03. The molecule has 0 bridgehead atoms. The van der Waals surface area contributed by atoms with Gasteiger partial charge in [-0.1, -0.05) is 36.4 Å². The number of carbonyl (C=O) groups is 1. The summed E-state index contributed by atoms with van der Waals surface area (Å²) in [5.41, 5.74) is 3.35. The molecule has 4 aromatic rings. The number of benzene rings is 2. The van der Waals surface area contributed by atoms with E-state index in [1.165, 1.54) is 11.3 Å². The summed E-state index contributed by atoms with van der Waals surface area (Å²) in [6, 6.07) is 16.0. The van der Waals surface area contributed by atoms with Crippen molar-refractivity contribution in [3.8, 4) is 11.1 Å². The number of nitrogens with one attached hydrogen (secondary N) is 2. The van der Waals surface area contributed by atoms with Gasteiger partial charge in [0.25, 0.3) is 5.56 Å². The first-order chi connectivity index (χ1) is 13.8. The highest BCUT2D eigenvalue weighted by molar-refractivity contribution is 7.17. The molecule has 0 aliphatic heterocycles. The third-order valence-electron chi connectivity index (χ3n) is 4.55. The van der Waals surface area contributed by atoms with Crippen LogP contribution in [0.15, 0.2) is 58.7 Å². The van der Waals surface area contributed by atoms with Crippen molar-refractivity contribution in [1.29, 1.82) is 0 Å². The molecule has 0 aliphatic rings. The van der Waals surface area contributed by atoms with Crippen molar-refractivity contribution in [2.45, 2.75) is 32.9 Å². The van der Waals surface area contributed by atoms with E-state index in [1.807, 2.05) is 68.6 Å². The van der Waals surface area contributed by atoms with Gasteiger partial charge < -0.3 is 15.0 Å². The first kappa shape index (κ1) is 19.2. The average Bonchev–Trinajstić information content (AvgIpc) is 3.16. The Morgan fingerprint density at radius 3 is 2.59 bits per heavy atom. The highest BCUT2D eigenvalue weighted by atomic mass is 32.1. The van der Waals surface area contributed by atoms with Crippen molar-refractivity contribution in [3.05, 3.63) is 69.8 Å². The second-order valence-electron chi connectivity index (χ2n) is 7.90. The minimum atomic E-state index is -0.518. The second-order valence-corrected chi connectivity index (χ2v) is 8.81. The number of aromatic nitrogens is 1. The van der Waals surface area contributed by atoms with Crippen LogP contribution >= 0.6 is 11.3 Å². The van der Waals surface area contributed by atoms with E-state index in [-0.39, 0.29) is 5.56 Å². The first-order valence-electron chi connectivity index (χ1n) is 9.40. The molecule has 0 saturated carbocycles. The monoisotopic (exact) mass is 406 g/mol. The van der Waals surface area contributed by atoms with E-state index in [0.29, 0.717) is 6.54 Å². The fourth-order valence-corrected chi connectivity index (χ4v) is 4.13. The lowest BCUT2D eigenvalue weighted by atomic mass is 9.97. The number of fused-ring (bicyclic) bond motifs is 3. The molecule has 2 heterocycles. The van der Waals surface area contributed by atoms with Crippen molar-refractivity contribution >= 4 is 38.4 Å². The number of ether oxygens (including phenoxy) is 1. The summed E-state index contributed by atoms with van der Waals surface area (Å²) in [7, 11) is 0. The summed E-state index contributed by atoms with van der Waals surface area (Å²) < 4.78 is 6.00. The molecule has 4 rings (SSSR count). The quantitative estimate of drug-likeness (QED) is 0.476. The zero-order valence-electron chi connectivity index (χ0n) is 16.5. The van der Waals surface area contributed by atoms with E-state index < -0.39 is 11.7 Å². The van der Waals surface area contributed by atoms with E-state index in [2.05, 4.69) is 16.4 Å². The molecule has 6 heteroatoms. The van der Waals surface area contributed by atoms with Gasteiger partial charge in [0.2, 0.25) is 0 Å². The van der Waals surface area contributed by atoms with Crippen LogP contribution in [0, 0.1) is 0 Å². The molecular weight excluding hydrogens is 384 g/mol. The molecule has 148 valence electrons. The van der Waals surface area contributed by atoms with Gasteiger partial charge in [0, 0.05) is 22.8 Å². The fraction of sp³-hybridized carbons (Fsp3) is 0.217. The van der Waals surface area contributed by atoms with Crippen molar-refractivity contribution in [1.82, 2.24) is 10.3 Å². The van der Waals surface area contributed by atoms with Gasteiger partial charge in [0.05, 0.1) is 0 Å². The molecule has 1 amide bonds. The second kappa shape index (κ2) is 7.37. The van der Waals surface area contributed by atoms with Crippen LogP contribution in [-0.2, 0) is 11.3 Å². The number of amides is 1. The first-order valence-corrected chi connectivity index (χ1v) is 10.3. The molecule has 2 aromatic carbocycles. The number of hydrogen-bond acceptors (Lipinski definition) is 4. The lowest BCUT2D eigenvalue weighted by Gasteiger charge is -2.19. The van der Waals surface area contributed by atoms with Gasteiger partial charge in [-0.25, -0.2) is 4.79 Å². The number of rotatable bonds is 3. The summed E-state index contributed by atoms with van der Waals surface area (Å²) in [6.07, 6.45) is -0.431. The van der Waals surface area contributed by atoms with Crippen molar-refractivity contribution in [2.75, 3.05) is 0 Å². The topological polar surface area (TPSA) is 71.2 Å². The largest absolute Gasteiger partial charge is 0.444 e. The zero-order chi connectivity index (χ0) is 20.6. The predicted octanol–water partition coefficient (Wildman–Crippen LogP) is 5.43. The minimum absolute atomic E-state index is 0.0526. The smallest absolute Gasteiger partial charge is 0.407 e. The molecule has 0 spiro atoms. The molecule has 0 fully saturated rings. The minimum Gasteiger partial charge on any atom is -0.444 e. The van der Waals surface area contributed by atoms with Crippen LogP contribution in [0.1, 0.15) is 26.3 Å². The Balaban J connectivity index is 1.63. The normalized spacial score (nSPS) is 11.7. The molecule has 0 saturated heterocycles. The van der Waals surface area contributed by atoms with Crippen molar-refractivity contribution in [2.24, 2.45) is 0 Å². The molecule has 5 nitrogen and oxygen atoms in total. The van der Waals surface area contributed by atoms with E-state index in [4.69, 9.17) is 4.74 Å². The van der Waals surface area contributed by atoms with Crippen molar-refractivity contribution < 1.29 is 9.53 Å². The van der Waals surface area contributed by atoms with Gasteiger partial charge in [-0.3, -0.25) is 4.79 Å². The van der Waals surface area contributed by atoms with Gasteiger partial charge in [-0.2, -0.15) is 0 Å². The highest BCUT2D eigenvalue weighted by Gasteiger charge is 2.16. The number of hydrogen-bond donors (Lipinski definition) is 2. The SMILES string of the molecule is CC(C)(C)OC(=O)NCc1ccc(-c2cccc3[nH]c(=O)c4sccc4c23)cc1. The zero-order valence-corrected chi connectivity index (χ0v) is 17.4. The number of H-pyrrole nitrogens is 1. The molecule has 0 atom stereocenters. The number of thiophene rings is 1. The number of pyridine rings is 1. The maximum Gasteiger partial charge on any atom is 0.407 e. The lowest BCUT2D eigenvalue weighted by Crippen LogP contribution is -2.32. The molecule has 0 unspecified atom stereocenters. The van der Waals surface area contributed by atoms with Crippen LogP contribution in [0.5, 0.6) is 0 Å². The Labute approximate surface area is 172 Å². The van der Waals surface area contributed by atoms with Crippen LogP contribution in [-0.4, -0.2) is 16.7 Å². The molecule has 0 radical (unpaired) electrons. The molecule has 2 N–H and O–H groups in total. The maximum absolute atomic E-state index is 12.3. The van der Waals surface area contributed by atoms with E-state index in [9.17, 15) is 9.59 Å². The third-order valence-corrected chi connectivity index (χ3v) is 5.47. The molecule has 2 aromatic heterocycles. The average molecular weight is 407 g/mol. The number of carbonyl (C=O) groups excluding carboxylic acids is 1. The summed E-state index contributed by atoms with van der Waals surface area (Å²) in [4.78, 5) is 27.1. The van der Waals surface area contributed by atoms with Gasteiger partial charge >= 0.3 is 6.09 Å². The summed E-state index contributed by atoms with van der Waals surface area (Å²) in [6.45, 7) is 5.91. The van der Waals surface area contributed by atoms with E-state index in [0.717, 1.165) is 37.7 Å². The van der Waals surface area contributed by atoms with Crippen molar-refractivity contribution in [3.63, 3.8) is 0 Å². The van der Waals surface area contributed by atoms with Crippen LogP contribution in [0.4, 0.5) is 4.79 Å². The summed E-state index contributed by atoms with van der Waals surface area (Å²) in [5.74, 6) is 0. The number of alkyl carbamates (subject to hydrolysis) is 1. The predicted molar refractivity (Wildman–Crippen MR) is 118 cm³/mol. The molecule has 29 heavy (non-hydrogen) atoms. The maximum atomic E-state index is 12.3. The Hall–Kier alpha value is -3.12. The molecular formula is C23H22N2O3S. The van der Waals surface area contributed by atoms with Crippen LogP contribution in [0.3, 0.4) is 0 Å². The highest BCUT2D eigenvalue weighted by Crippen LogP contribution is 2.33. The van der Waals surface area contributed by atoms with E-state index >= 15 is 0 Å². The summed E-state index contributed by atoms with van der Waals surface area (Å²) >= 11 is 1.45. The number of aromatic amines is 1. The Morgan fingerprint density at radius 1 is 1.10 bits per heavy atom. The van der Waals surface area contributed by atoms with Gasteiger partial charge in [0.15, 0.2) is 0 Å². The fourth-order valence-electron chi connectivity index (χ4n) is 3.34. The Bertz CT molecular complexity index is 1250. The Morgan fingerprint density at radius 2 is 1.86 bits per heavy atom. The van der Waals surface area contributed by atoms with Gasteiger partial charge in [-0.05, 0) is 55.0 Å². The lowest BCUT2D eigenvalue weighted by molar-refractivity contribution is 0.0523. The Kier molecular flexibility index (Phi) is 4.88. The van der Waals surface area contributed by atoms with E-state index in [1.54, 1.807) is 0 Å². The molecule has 0 aliphatic carbocycles. The standard InChI is InChI=1S/C23H22N2O3S/c1-23(2,3)28-22(27)24-13-14-7-9-15(10-8-14)16-5-4-6-18-19(16)17-11-12-29-20(17)21(26)25-18/h4-12H,13H2,1-3H3,(H,24,27)(H,25,26). The van der Waals surface area contributed by atoms with Gasteiger partial charge in [0.1, 0.15) is 10.3 Å².